The maximum absolute atomic E-state index is 5.95. The van der Waals surface area contributed by atoms with Gasteiger partial charge in [-0.15, -0.1) is 0 Å². The van der Waals surface area contributed by atoms with Gasteiger partial charge in [0.05, 0.1) is 5.52 Å². The highest BCUT2D eigenvalue weighted by molar-refractivity contribution is 5.93. The Labute approximate surface area is 231 Å². The second kappa shape index (κ2) is 12.1. The topological polar surface area (TPSA) is 56.8 Å². The van der Waals surface area contributed by atoms with Crippen molar-refractivity contribution in [1.29, 1.82) is 0 Å². The molecule has 3 aromatic carbocycles. The first-order valence-electron chi connectivity index (χ1n) is 14.2. The van der Waals surface area contributed by atoms with Crippen molar-refractivity contribution in [3.63, 3.8) is 0 Å². The van der Waals surface area contributed by atoms with Crippen molar-refractivity contribution in [3.8, 4) is 16.9 Å². The molecule has 0 unspecified atom stereocenters. The molecule has 2 aliphatic heterocycles. The van der Waals surface area contributed by atoms with Crippen molar-refractivity contribution in [2.45, 2.75) is 19.4 Å². The number of anilines is 2. The van der Waals surface area contributed by atoms with Gasteiger partial charge in [0.15, 0.2) is 0 Å². The normalized spacial score (nSPS) is 17.1. The zero-order valence-electron chi connectivity index (χ0n) is 22.9. The molecule has 0 saturated carbocycles. The van der Waals surface area contributed by atoms with Crippen LogP contribution in [0.5, 0.6) is 5.75 Å². The largest absolute Gasteiger partial charge is 0.492 e. The second-order valence-electron chi connectivity index (χ2n) is 10.8. The van der Waals surface area contributed by atoms with Gasteiger partial charge in [-0.2, -0.15) is 0 Å². The van der Waals surface area contributed by atoms with Crippen LogP contribution in [-0.4, -0.2) is 84.1 Å². The van der Waals surface area contributed by atoms with Crippen LogP contribution in [0.25, 0.3) is 22.0 Å². The summed E-state index contributed by atoms with van der Waals surface area (Å²) in [5.74, 6) is 1.47. The first kappa shape index (κ1) is 25.7. The number of aromatic nitrogens is 2. The van der Waals surface area contributed by atoms with Crippen LogP contribution in [0.15, 0.2) is 72.9 Å². The summed E-state index contributed by atoms with van der Waals surface area (Å²) in [5.41, 5.74) is 5.52. The van der Waals surface area contributed by atoms with Crippen molar-refractivity contribution < 1.29 is 4.74 Å². The van der Waals surface area contributed by atoms with Gasteiger partial charge in [0.25, 0.3) is 0 Å². The molecule has 0 atom stereocenters. The summed E-state index contributed by atoms with van der Waals surface area (Å²) in [6, 6.07) is 23.3. The number of rotatable bonds is 9. The van der Waals surface area contributed by atoms with Crippen molar-refractivity contribution in [2.24, 2.45) is 0 Å². The van der Waals surface area contributed by atoms with Crippen LogP contribution in [0.3, 0.4) is 0 Å². The van der Waals surface area contributed by atoms with E-state index in [4.69, 9.17) is 9.72 Å². The first-order chi connectivity index (χ1) is 19.2. The van der Waals surface area contributed by atoms with Gasteiger partial charge in [0.1, 0.15) is 12.4 Å². The Kier molecular flexibility index (Phi) is 8.00. The molecule has 0 aliphatic carbocycles. The number of ether oxygens (including phenoxy) is 1. The lowest BCUT2D eigenvalue weighted by Gasteiger charge is -2.32. The zero-order valence-corrected chi connectivity index (χ0v) is 22.9. The second-order valence-corrected chi connectivity index (χ2v) is 10.8. The fourth-order valence-corrected chi connectivity index (χ4v) is 5.47. The van der Waals surface area contributed by atoms with E-state index >= 15 is 0 Å². The lowest BCUT2D eigenvalue weighted by atomic mass is 10.0. The van der Waals surface area contributed by atoms with Crippen LogP contribution in [0, 0.1) is 0 Å². The number of benzene rings is 3. The van der Waals surface area contributed by atoms with Crippen LogP contribution in [0.4, 0.5) is 11.6 Å². The standard InChI is InChI=1S/C32H38N6O/c1-36-17-19-38(20-18-36)24-25-7-9-26(10-8-25)30-6-4-5-27-23-33-32(35-31(27)30)34-28-11-13-29(14-12-28)39-22-21-37-15-2-3-16-37/h4-14,23H,2-3,15-22,24H2,1H3,(H,33,34,35). The zero-order chi connectivity index (χ0) is 26.4. The number of likely N-dealkylation sites (tertiary alicyclic amines) is 1. The van der Waals surface area contributed by atoms with E-state index < -0.39 is 0 Å². The molecule has 3 heterocycles. The molecule has 4 aromatic rings. The van der Waals surface area contributed by atoms with Crippen LogP contribution < -0.4 is 10.1 Å². The van der Waals surface area contributed by atoms with Crippen molar-refractivity contribution in [2.75, 3.05) is 64.8 Å². The average molecular weight is 523 g/mol. The number of likely N-dealkylation sites (N-methyl/N-ethyl adjacent to an activating group) is 1. The van der Waals surface area contributed by atoms with E-state index in [2.05, 4.69) is 74.5 Å². The van der Waals surface area contributed by atoms with Crippen LogP contribution in [-0.2, 0) is 6.54 Å². The van der Waals surface area contributed by atoms with Gasteiger partial charge in [-0.3, -0.25) is 9.80 Å². The van der Waals surface area contributed by atoms with E-state index in [0.29, 0.717) is 5.95 Å². The maximum atomic E-state index is 5.95. The summed E-state index contributed by atoms with van der Waals surface area (Å²) in [4.78, 5) is 16.9. The molecule has 0 radical (unpaired) electrons. The smallest absolute Gasteiger partial charge is 0.227 e. The Hall–Kier alpha value is -3.52. The fourth-order valence-electron chi connectivity index (χ4n) is 5.47. The number of piperazine rings is 1. The van der Waals surface area contributed by atoms with Gasteiger partial charge >= 0.3 is 0 Å². The van der Waals surface area contributed by atoms with Crippen molar-refractivity contribution >= 4 is 22.5 Å². The Morgan fingerprint density at radius 3 is 2.36 bits per heavy atom. The molecule has 39 heavy (non-hydrogen) atoms. The van der Waals surface area contributed by atoms with Crippen molar-refractivity contribution in [1.82, 2.24) is 24.7 Å². The highest BCUT2D eigenvalue weighted by Crippen LogP contribution is 2.29. The van der Waals surface area contributed by atoms with Crippen LogP contribution in [0.2, 0.25) is 0 Å². The molecular formula is C32H38N6O. The van der Waals surface area contributed by atoms with Gasteiger partial charge < -0.3 is 15.0 Å². The minimum Gasteiger partial charge on any atom is -0.492 e. The third-order valence-corrected chi connectivity index (χ3v) is 7.86. The number of hydrogen-bond donors (Lipinski definition) is 1. The molecule has 7 heteroatoms. The average Bonchev–Trinajstić information content (AvgIpc) is 3.49. The molecule has 1 N–H and O–H groups in total. The molecule has 0 spiro atoms. The molecule has 0 bridgehead atoms. The number of fused-ring (bicyclic) bond motifs is 1. The number of nitrogens with zero attached hydrogens (tertiary/aromatic N) is 5. The maximum Gasteiger partial charge on any atom is 0.227 e. The van der Waals surface area contributed by atoms with Crippen molar-refractivity contribution in [3.05, 3.63) is 78.5 Å². The highest BCUT2D eigenvalue weighted by atomic mass is 16.5. The molecule has 6 rings (SSSR count). The number of nitrogens with one attached hydrogen (secondary N) is 1. The summed E-state index contributed by atoms with van der Waals surface area (Å²) in [7, 11) is 2.20. The third kappa shape index (κ3) is 6.56. The quantitative estimate of drug-likeness (QED) is 0.322. The van der Waals surface area contributed by atoms with Gasteiger partial charge in [0.2, 0.25) is 5.95 Å². The van der Waals surface area contributed by atoms with Gasteiger partial charge in [-0.1, -0.05) is 42.5 Å². The molecular weight excluding hydrogens is 484 g/mol. The molecule has 2 aliphatic rings. The Balaban J connectivity index is 1.12. The molecule has 7 nitrogen and oxygen atoms in total. The molecule has 2 fully saturated rings. The summed E-state index contributed by atoms with van der Waals surface area (Å²) in [5, 5.41) is 4.39. The summed E-state index contributed by atoms with van der Waals surface area (Å²) < 4.78 is 5.95. The minimum atomic E-state index is 0.587. The fraction of sp³-hybridized carbons (Fsp3) is 0.375. The van der Waals surface area contributed by atoms with Crippen LogP contribution >= 0.6 is 0 Å². The Morgan fingerprint density at radius 1 is 0.821 bits per heavy atom. The van der Waals surface area contributed by atoms with E-state index in [1.807, 2.05) is 30.5 Å². The SMILES string of the molecule is CN1CCN(Cc2ccc(-c3cccc4cnc(Nc5ccc(OCCN6CCCC6)cc5)nc34)cc2)CC1. The number of para-hydroxylation sites is 1. The van der Waals surface area contributed by atoms with E-state index in [0.717, 1.165) is 73.8 Å². The van der Waals surface area contributed by atoms with Gasteiger partial charge in [-0.25, -0.2) is 9.97 Å². The molecule has 0 amide bonds. The van der Waals surface area contributed by atoms with E-state index in [1.165, 1.54) is 37.1 Å². The summed E-state index contributed by atoms with van der Waals surface area (Å²) in [6.45, 7) is 9.64. The van der Waals surface area contributed by atoms with Gasteiger partial charge in [0, 0.05) is 62.1 Å². The predicted molar refractivity (Wildman–Crippen MR) is 159 cm³/mol. The summed E-state index contributed by atoms with van der Waals surface area (Å²) >= 11 is 0. The summed E-state index contributed by atoms with van der Waals surface area (Å²) in [6.07, 6.45) is 4.51. The minimum absolute atomic E-state index is 0.587. The first-order valence-corrected chi connectivity index (χ1v) is 14.2. The Bertz CT molecular complexity index is 1360. The molecule has 1 aromatic heterocycles. The predicted octanol–water partition coefficient (Wildman–Crippen LogP) is 5.26. The highest BCUT2D eigenvalue weighted by Gasteiger charge is 2.14. The third-order valence-electron chi connectivity index (χ3n) is 7.86. The lowest BCUT2D eigenvalue weighted by molar-refractivity contribution is 0.148. The van der Waals surface area contributed by atoms with Crippen LogP contribution in [0.1, 0.15) is 18.4 Å². The Morgan fingerprint density at radius 2 is 1.59 bits per heavy atom. The number of hydrogen-bond acceptors (Lipinski definition) is 7. The lowest BCUT2D eigenvalue weighted by Crippen LogP contribution is -2.43. The van der Waals surface area contributed by atoms with E-state index in [9.17, 15) is 0 Å². The molecule has 2 saturated heterocycles. The van der Waals surface area contributed by atoms with Gasteiger partial charge in [-0.05, 0) is 68.4 Å². The molecule has 202 valence electrons. The van der Waals surface area contributed by atoms with E-state index in [1.54, 1.807) is 0 Å². The monoisotopic (exact) mass is 522 g/mol. The van der Waals surface area contributed by atoms with E-state index in [-0.39, 0.29) is 0 Å².